The first-order chi connectivity index (χ1) is 13.7. The predicted octanol–water partition coefficient (Wildman–Crippen LogP) is -1.78. The lowest BCUT2D eigenvalue weighted by atomic mass is 10.1. The summed E-state index contributed by atoms with van der Waals surface area (Å²) in [5, 5.41) is 10.8. The Bertz CT molecular complexity index is 1080. The lowest BCUT2D eigenvalue weighted by Gasteiger charge is -2.34. The van der Waals surface area contributed by atoms with E-state index in [1.807, 2.05) is 0 Å². The van der Waals surface area contributed by atoms with Gasteiger partial charge in [0.25, 0.3) is 13.4 Å². The van der Waals surface area contributed by atoms with E-state index in [9.17, 15) is 24.2 Å². The van der Waals surface area contributed by atoms with Gasteiger partial charge in [-0.05, 0) is 0 Å². The van der Waals surface area contributed by atoms with Crippen LogP contribution in [0.5, 0.6) is 0 Å². The highest BCUT2D eigenvalue weighted by molar-refractivity contribution is 7.99. The zero-order chi connectivity index (χ0) is 20.9. The van der Waals surface area contributed by atoms with Crippen molar-refractivity contribution in [3.8, 4) is 0 Å². The van der Waals surface area contributed by atoms with Crippen LogP contribution in [0.3, 0.4) is 0 Å². The minimum absolute atomic E-state index is 0. The number of aromatic nitrogens is 4. The monoisotopic (exact) mass is 449 g/mol. The fraction of sp³-hybridized carbons (Fsp3) is 0.538. The third-order valence-corrected chi connectivity index (χ3v) is 6.19. The number of methoxy groups -OCH3 is 1. The molecule has 0 aromatic carbocycles. The van der Waals surface area contributed by atoms with E-state index in [0.29, 0.717) is 0 Å². The number of aromatic amines is 1. The number of thioether (sulfide) groups is 1. The number of hydrogen-bond acceptors (Lipinski definition) is 13. The molecule has 0 radical (unpaired) electrons. The predicted molar refractivity (Wildman–Crippen MR) is 94.8 cm³/mol. The SMILES string of the molecule is COC(=O)CSc1nc2c(=O)[nH]c(N)nc2n1[C@@H]1OC2COP(=O)([O-])O[C@H]2C1O.[H+]. The van der Waals surface area contributed by atoms with Crippen LogP contribution in [-0.4, -0.2) is 68.4 Å². The molecule has 2 aliphatic heterocycles. The summed E-state index contributed by atoms with van der Waals surface area (Å²) in [7, 11) is -3.36. The summed E-state index contributed by atoms with van der Waals surface area (Å²) < 4.78 is 32.6. The van der Waals surface area contributed by atoms with Gasteiger partial charge in [0.1, 0.15) is 18.3 Å². The number of carbonyl (C=O) groups is 1. The van der Waals surface area contributed by atoms with Gasteiger partial charge in [-0.25, -0.2) is 4.98 Å². The molecule has 16 heteroatoms. The molecular weight excluding hydrogens is 433 g/mol. The number of ether oxygens (including phenoxy) is 2. The maximum absolute atomic E-state index is 12.2. The second-order valence-corrected chi connectivity index (χ2v) is 8.43. The van der Waals surface area contributed by atoms with E-state index >= 15 is 0 Å². The zero-order valence-electron chi connectivity index (χ0n) is 15.7. The van der Waals surface area contributed by atoms with Crippen molar-refractivity contribution in [1.29, 1.82) is 0 Å². The molecule has 4 N–H and O–H groups in total. The number of anilines is 1. The summed E-state index contributed by atoms with van der Waals surface area (Å²) in [6.07, 6.45) is -4.83. The largest absolute Gasteiger partial charge is 1.00 e. The Kier molecular flexibility index (Phi) is 5.14. The molecule has 0 saturated carbocycles. The Balaban J connectivity index is 0.00000256. The van der Waals surface area contributed by atoms with Crippen LogP contribution in [0.2, 0.25) is 0 Å². The molecular formula is C13H16N5O9PS. The number of hydrogen-bond donors (Lipinski definition) is 3. The first-order valence-electron chi connectivity index (χ1n) is 8.15. The number of esters is 1. The van der Waals surface area contributed by atoms with E-state index in [-0.39, 0.29) is 36.1 Å². The van der Waals surface area contributed by atoms with E-state index in [2.05, 4.69) is 24.2 Å². The number of H-pyrrole nitrogens is 1. The molecule has 29 heavy (non-hydrogen) atoms. The highest BCUT2D eigenvalue weighted by Crippen LogP contribution is 2.50. The zero-order valence-corrected chi connectivity index (χ0v) is 16.4. The molecule has 0 amide bonds. The van der Waals surface area contributed by atoms with Crippen LogP contribution in [0.1, 0.15) is 7.65 Å². The van der Waals surface area contributed by atoms with Gasteiger partial charge < -0.3 is 34.3 Å². The molecule has 14 nitrogen and oxygen atoms in total. The molecule has 4 rings (SSSR count). The van der Waals surface area contributed by atoms with Crippen LogP contribution >= 0.6 is 19.6 Å². The highest BCUT2D eigenvalue weighted by Gasteiger charge is 2.51. The molecule has 0 aliphatic carbocycles. The van der Waals surface area contributed by atoms with Crippen molar-refractivity contribution in [2.75, 3.05) is 25.2 Å². The standard InChI is InChI=1S/C13H16N5O9PS/c1-24-5(19)3-29-13-15-6-9(16-12(14)17-10(6)21)18(13)11-7(20)8-4(26-11)2-25-28(22,23)27-8/h4,7-8,11,20H,2-3H2,1H3,(H,22,23)(H3,14,16,17,21)/t4?,7?,8-,11-/m1/s1. The fourth-order valence-electron chi connectivity index (χ4n) is 3.04. The number of nitrogens with zero attached hydrogens (tertiary/aromatic N) is 3. The van der Waals surface area contributed by atoms with Crippen LogP contribution in [-0.2, 0) is 27.9 Å². The van der Waals surface area contributed by atoms with Crippen molar-refractivity contribution in [1.82, 2.24) is 19.5 Å². The lowest BCUT2D eigenvalue weighted by Crippen LogP contribution is -2.41. The number of phosphoric acid groups is 1. The molecule has 0 bridgehead atoms. The minimum Gasteiger partial charge on any atom is -0.756 e. The van der Waals surface area contributed by atoms with Crippen molar-refractivity contribution in [3.63, 3.8) is 0 Å². The molecule has 2 aromatic rings. The third-order valence-electron chi connectivity index (χ3n) is 4.29. The summed E-state index contributed by atoms with van der Waals surface area (Å²) in [5.74, 6) is -0.916. The Morgan fingerprint density at radius 2 is 2.34 bits per heavy atom. The van der Waals surface area contributed by atoms with Crippen LogP contribution in [0.15, 0.2) is 9.95 Å². The van der Waals surface area contributed by atoms with Crippen molar-refractivity contribution in [2.45, 2.75) is 29.7 Å². The number of aliphatic hydroxyl groups excluding tert-OH is 1. The van der Waals surface area contributed by atoms with E-state index in [0.717, 1.165) is 11.8 Å². The van der Waals surface area contributed by atoms with Crippen molar-refractivity contribution >= 4 is 42.7 Å². The maximum Gasteiger partial charge on any atom is 1.00 e. The van der Waals surface area contributed by atoms with Crippen LogP contribution in [0, 0.1) is 0 Å². The number of nitrogens with two attached hydrogens (primary N) is 1. The fourth-order valence-corrected chi connectivity index (χ4v) is 4.83. The number of nitrogen functional groups attached to an aromatic ring is 1. The Morgan fingerprint density at radius 3 is 3.07 bits per heavy atom. The van der Waals surface area contributed by atoms with Gasteiger partial charge in [0.05, 0.1) is 19.5 Å². The second-order valence-electron chi connectivity index (χ2n) is 6.12. The van der Waals surface area contributed by atoms with Gasteiger partial charge in [-0.1, -0.05) is 11.8 Å². The van der Waals surface area contributed by atoms with E-state index in [1.54, 1.807) is 0 Å². The molecule has 0 spiro atoms. The molecule has 5 atom stereocenters. The average Bonchev–Trinajstić information content (AvgIpc) is 3.16. The Hall–Kier alpha value is -2.00. The number of imidazole rings is 1. The number of aliphatic hydroxyl groups is 1. The lowest BCUT2D eigenvalue weighted by molar-refractivity contribution is -0.245. The summed E-state index contributed by atoms with van der Waals surface area (Å²) in [6.45, 7) is -0.355. The van der Waals surface area contributed by atoms with Gasteiger partial charge in [0.15, 0.2) is 22.5 Å². The van der Waals surface area contributed by atoms with E-state index in [1.165, 1.54) is 11.7 Å². The van der Waals surface area contributed by atoms with Gasteiger partial charge in [0, 0.05) is 0 Å². The molecule has 158 valence electrons. The molecule has 2 saturated heterocycles. The minimum atomic E-state index is -4.57. The van der Waals surface area contributed by atoms with E-state index < -0.39 is 43.9 Å². The van der Waals surface area contributed by atoms with E-state index in [4.69, 9.17) is 15.0 Å². The highest BCUT2D eigenvalue weighted by atomic mass is 32.2. The topological polar surface area (TPSA) is 204 Å². The average molecular weight is 449 g/mol. The number of phosphoric ester groups is 1. The van der Waals surface area contributed by atoms with Crippen molar-refractivity contribution in [2.24, 2.45) is 0 Å². The molecule has 4 heterocycles. The van der Waals surface area contributed by atoms with Gasteiger partial charge in [-0.3, -0.25) is 23.7 Å². The summed E-state index contributed by atoms with van der Waals surface area (Å²) in [6, 6.07) is 0. The first-order valence-corrected chi connectivity index (χ1v) is 10.6. The quantitative estimate of drug-likeness (QED) is 0.269. The molecule has 2 aromatic heterocycles. The van der Waals surface area contributed by atoms with Gasteiger partial charge in [0.2, 0.25) is 5.95 Å². The van der Waals surface area contributed by atoms with Crippen molar-refractivity contribution in [3.05, 3.63) is 10.4 Å². The number of fused-ring (bicyclic) bond motifs is 2. The Morgan fingerprint density at radius 1 is 1.59 bits per heavy atom. The van der Waals surface area contributed by atoms with Crippen LogP contribution in [0.25, 0.3) is 11.2 Å². The van der Waals surface area contributed by atoms with Crippen LogP contribution in [0.4, 0.5) is 5.95 Å². The van der Waals surface area contributed by atoms with Gasteiger partial charge >= 0.3 is 7.40 Å². The first kappa shape index (κ1) is 20.3. The Labute approximate surface area is 167 Å². The maximum atomic E-state index is 12.2. The second kappa shape index (κ2) is 7.36. The van der Waals surface area contributed by atoms with Gasteiger partial charge in [-0.15, -0.1) is 0 Å². The smallest absolute Gasteiger partial charge is 0.756 e. The molecule has 2 aliphatic rings. The van der Waals surface area contributed by atoms with Crippen LogP contribution < -0.4 is 16.2 Å². The third kappa shape index (κ3) is 3.66. The number of rotatable bonds is 4. The molecule has 2 fully saturated rings. The summed E-state index contributed by atoms with van der Waals surface area (Å²) in [4.78, 5) is 45.8. The normalized spacial score (nSPS) is 31.7. The summed E-state index contributed by atoms with van der Waals surface area (Å²) in [5.41, 5.74) is 4.85. The summed E-state index contributed by atoms with van der Waals surface area (Å²) >= 11 is 0.906. The van der Waals surface area contributed by atoms with Crippen molar-refractivity contribution < 1.29 is 39.3 Å². The number of nitrogens with one attached hydrogen (secondary N) is 1. The number of carbonyl (C=O) groups excluding carboxylic acids is 1. The molecule has 3 unspecified atom stereocenters. The van der Waals surface area contributed by atoms with Gasteiger partial charge in [-0.2, -0.15) is 4.98 Å².